The fourth-order valence-electron chi connectivity index (χ4n) is 6.61. The molecule has 7 rings (SSSR count). The Kier molecular flexibility index (Phi) is 4.65. The molecule has 0 amide bonds. The lowest BCUT2D eigenvalue weighted by Gasteiger charge is -2.56. The van der Waals surface area contributed by atoms with Gasteiger partial charge in [-0.3, -0.25) is 0 Å². The van der Waals surface area contributed by atoms with Gasteiger partial charge in [-0.2, -0.15) is 0 Å². The van der Waals surface area contributed by atoms with Crippen LogP contribution >= 0.6 is 11.3 Å². The Bertz CT molecular complexity index is 973. The van der Waals surface area contributed by atoms with Crippen molar-refractivity contribution in [2.24, 2.45) is 17.8 Å². The van der Waals surface area contributed by atoms with Crippen molar-refractivity contribution >= 4 is 17.0 Å². The van der Waals surface area contributed by atoms with E-state index in [-0.39, 0.29) is 0 Å². The van der Waals surface area contributed by atoms with Crippen molar-refractivity contribution in [2.75, 3.05) is 5.43 Å². The van der Waals surface area contributed by atoms with Crippen LogP contribution in [0.3, 0.4) is 0 Å². The van der Waals surface area contributed by atoms with E-state index in [0.29, 0.717) is 5.41 Å². The van der Waals surface area contributed by atoms with Crippen LogP contribution in [0.2, 0.25) is 0 Å². The number of nitrogens with zero attached hydrogens (tertiary/aromatic N) is 1. The second-order valence-electron chi connectivity index (χ2n) is 9.78. The van der Waals surface area contributed by atoms with Gasteiger partial charge >= 0.3 is 0 Å². The third kappa shape index (κ3) is 3.46. The average molecular weight is 416 g/mol. The van der Waals surface area contributed by atoms with E-state index in [1.807, 2.05) is 29.5 Å². The zero-order chi connectivity index (χ0) is 20.0. The molecule has 0 aliphatic heterocycles. The number of benzene rings is 2. The summed E-state index contributed by atoms with van der Waals surface area (Å²) in [6, 6.07) is 19.1. The van der Waals surface area contributed by atoms with E-state index >= 15 is 0 Å². The van der Waals surface area contributed by atoms with Crippen LogP contribution in [0.15, 0.2) is 60.0 Å². The van der Waals surface area contributed by atoms with Crippen molar-refractivity contribution < 1.29 is 0 Å². The van der Waals surface area contributed by atoms with E-state index < -0.39 is 0 Å². The highest BCUT2D eigenvalue weighted by molar-refractivity contribution is 7.13. The van der Waals surface area contributed by atoms with Gasteiger partial charge in [-0.1, -0.05) is 42.5 Å². The molecule has 0 unspecified atom stereocenters. The predicted molar refractivity (Wildman–Crippen MR) is 124 cm³/mol. The molecule has 4 aliphatic carbocycles. The lowest BCUT2D eigenvalue weighted by molar-refractivity contribution is -0.00689. The van der Waals surface area contributed by atoms with Gasteiger partial charge < -0.3 is 5.43 Å². The Morgan fingerprint density at radius 3 is 2.20 bits per heavy atom. The van der Waals surface area contributed by atoms with Crippen LogP contribution in [0.1, 0.15) is 49.8 Å². The molecule has 3 aromatic rings. The third-order valence-corrected chi connectivity index (χ3v) is 8.48. The van der Waals surface area contributed by atoms with Gasteiger partial charge in [-0.05, 0) is 74.0 Å². The van der Waals surface area contributed by atoms with Crippen LogP contribution in [-0.4, -0.2) is 4.98 Å². The van der Waals surface area contributed by atoms with Gasteiger partial charge in [0.25, 0.3) is 0 Å². The number of hydrogen-bond donors (Lipinski definition) is 2. The smallest absolute Gasteiger partial charge is 0.123 e. The van der Waals surface area contributed by atoms with Crippen LogP contribution in [0.5, 0.6) is 0 Å². The van der Waals surface area contributed by atoms with Crippen molar-refractivity contribution in [3.8, 4) is 10.6 Å². The largest absolute Gasteiger partial charge is 0.321 e. The van der Waals surface area contributed by atoms with Gasteiger partial charge in [0.1, 0.15) is 5.01 Å². The number of anilines is 1. The first-order valence-corrected chi connectivity index (χ1v) is 12.2. The molecule has 0 atom stereocenters. The topological polar surface area (TPSA) is 37.0 Å². The monoisotopic (exact) mass is 415 g/mol. The quantitative estimate of drug-likeness (QED) is 0.458. The summed E-state index contributed by atoms with van der Waals surface area (Å²) in [5, 5.41) is 3.56. The van der Waals surface area contributed by atoms with Crippen molar-refractivity contribution in [2.45, 2.75) is 50.5 Å². The second kappa shape index (κ2) is 7.51. The minimum absolute atomic E-state index is 0.399. The SMILES string of the molecule is c1ccc(NNCc2ccc(-c3nc(C45CC6CC(CC(C6)C4)C5)cs3)cc2)cc1. The molecule has 1 heterocycles. The summed E-state index contributed by atoms with van der Waals surface area (Å²) in [6.45, 7) is 0.783. The lowest BCUT2D eigenvalue weighted by Crippen LogP contribution is -2.48. The maximum absolute atomic E-state index is 5.19. The summed E-state index contributed by atoms with van der Waals surface area (Å²) in [7, 11) is 0. The normalized spacial score (nSPS) is 29.3. The maximum Gasteiger partial charge on any atom is 0.123 e. The third-order valence-electron chi connectivity index (χ3n) is 7.59. The first kappa shape index (κ1) is 18.6. The molecule has 0 saturated heterocycles. The molecule has 4 aliphatic rings. The Morgan fingerprint density at radius 1 is 0.867 bits per heavy atom. The van der Waals surface area contributed by atoms with Crippen molar-refractivity contribution in [1.29, 1.82) is 0 Å². The Morgan fingerprint density at radius 2 is 1.53 bits per heavy atom. The van der Waals surface area contributed by atoms with Gasteiger partial charge in [-0.15, -0.1) is 11.3 Å². The van der Waals surface area contributed by atoms with Crippen LogP contribution in [0.4, 0.5) is 5.69 Å². The molecule has 30 heavy (non-hydrogen) atoms. The number of rotatable bonds is 6. The predicted octanol–water partition coefficient (Wildman–Crippen LogP) is 6.39. The Hall–Kier alpha value is -2.17. The van der Waals surface area contributed by atoms with E-state index in [2.05, 4.69) is 52.6 Å². The average Bonchev–Trinajstić information content (AvgIpc) is 3.25. The van der Waals surface area contributed by atoms with E-state index in [0.717, 1.165) is 30.0 Å². The van der Waals surface area contributed by atoms with Gasteiger partial charge in [0.15, 0.2) is 0 Å². The number of hydrazine groups is 1. The molecule has 154 valence electrons. The first-order valence-electron chi connectivity index (χ1n) is 11.3. The molecule has 1 aromatic heterocycles. The van der Waals surface area contributed by atoms with Gasteiger partial charge in [0.05, 0.1) is 5.69 Å². The van der Waals surface area contributed by atoms with E-state index in [1.165, 1.54) is 60.4 Å². The molecule has 4 fully saturated rings. The van der Waals surface area contributed by atoms with Gasteiger partial charge in [-0.25, -0.2) is 10.4 Å². The highest BCUT2D eigenvalue weighted by Crippen LogP contribution is 2.60. The summed E-state index contributed by atoms with van der Waals surface area (Å²) < 4.78 is 0. The molecule has 4 bridgehead atoms. The second-order valence-corrected chi connectivity index (χ2v) is 10.6. The number of thiazole rings is 1. The minimum atomic E-state index is 0.399. The molecule has 3 nitrogen and oxygen atoms in total. The highest BCUT2D eigenvalue weighted by Gasteiger charge is 2.52. The van der Waals surface area contributed by atoms with Crippen molar-refractivity contribution in [1.82, 2.24) is 10.4 Å². The minimum Gasteiger partial charge on any atom is -0.321 e. The lowest BCUT2D eigenvalue weighted by atomic mass is 9.49. The van der Waals surface area contributed by atoms with Crippen molar-refractivity contribution in [3.63, 3.8) is 0 Å². The van der Waals surface area contributed by atoms with Gasteiger partial charge in [0, 0.05) is 28.6 Å². The van der Waals surface area contributed by atoms with E-state index in [4.69, 9.17) is 4.98 Å². The summed E-state index contributed by atoms with van der Waals surface area (Å²) in [5.41, 5.74) is 11.9. The summed E-state index contributed by atoms with van der Waals surface area (Å²) in [6.07, 6.45) is 8.64. The zero-order valence-corrected chi connectivity index (χ0v) is 18.1. The van der Waals surface area contributed by atoms with Crippen molar-refractivity contribution in [3.05, 3.63) is 71.2 Å². The summed E-state index contributed by atoms with van der Waals surface area (Å²) in [4.78, 5) is 5.19. The van der Waals surface area contributed by atoms with E-state index in [1.54, 1.807) is 0 Å². The summed E-state index contributed by atoms with van der Waals surface area (Å²) >= 11 is 1.83. The molecule has 4 heteroatoms. The Labute approximate surface area is 182 Å². The van der Waals surface area contributed by atoms with E-state index in [9.17, 15) is 0 Å². The maximum atomic E-state index is 5.19. The Balaban J connectivity index is 1.13. The first-order chi connectivity index (χ1) is 14.8. The number of hydrogen-bond acceptors (Lipinski definition) is 4. The molecule has 0 radical (unpaired) electrons. The highest BCUT2D eigenvalue weighted by atomic mass is 32.1. The van der Waals surface area contributed by atoms with Crippen LogP contribution in [0.25, 0.3) is 10.6 Å². The zero-order valence-electron chi connectivity index (χ0n) is 17.3. The molecule has 2 N–H and O–H groups in total. The number of aromatic nitrogens is 1. The fraction of sp³-hybridized carbons (Fsp3) is 0.423. The molecule has 4 saturated carbocycles. The molecular weight excluding hydrogens is 386 g/mol. The molecule has 2 aromatic carbocycles. The van der Waals surface area contributed by atoms with Gasteiger partial charge in [0.2, 0.25) is 0 Å². The fourth-order valence-corrected chi connectivity index (χ4v) is 7.56. The van der Waals surface area contributed by atoms with Crippen LogP contribution in [0, 0.1) is 17.8 Å². The van der Waals surface area contributed by atoms with Crippen LogP contribution in [-0.2, 0) is 12.0 Å². The number of nitrogens with one attached hydrogen (secondary N) is 2. The molecule has 0 spiro atoms. The summed E-state index contributed by atoms with van der Waals surface area (Å²) in [5.74, 6) is 2.91. The van der Waals surface area contributed by atoms with Crippen LogP contribution < -0.4 is 10.9 Å². The standard InChI is InChI=1S/C26H29N3S/c1-2-4-23(5-3-1)29-27-16-18-6-8-22(9-7-18)25-28-24(17-30-25)26-13-19-10-20(14-26)12-21(11-19)15-26/h1-9,17,19-21,27,29H,10-16H2. The molecular formula is C26H29N3S. The number of para-hydroxylation sites is 1.